The van der Waals surface area contributed by atoms with E-state index in [0.717, 1.165) is 5.92 Å². The Bertz CT molecular complexity index is 112. The van der Waals surface area contributed by atoms with Gasteiger partial charge in [-0.1, -0.05) is 26.7 Å². The van der Waals surface area contributed by atoms with Crippen LogP contribution in [-0.4, -0.2) is 12.6 Å². The fourth-order valence-electron chi connectivity index (χ4n) is 1.84. The predicted molar refractivity (Wildman–Crippen MR) is 49.7 cm³/mol. The molecule has 1 heteroatoms. The summed E-state index contributed by atoms with van der Waals surface area (Å²) >= 11 is 0. The molecule has 1 saturated carbocycles. The highest BCUT2D eigenvalue weighted by Crippen LogP contribution is 2.41. The van der Waals surface area contributed by atoms with Gasteiger partial charge in [0, 0.05) is 5.54 Å². The minimum atomic E-state index is 0.566. The van der Waals surface area contributed by atoms with E-state index in [-0.39, 0.29) is 0 Å². The second-order valence-corrected chi connectivity index (χ2v) is 3.92. The van der Waals surface area contributed by atoms with Crippen LogP contribution in [0.4, 0.5) is 0 Å². The van der Waals surface area contributed by atoms with Crippen molar-refractivity contribution in [3.63, 3.8) is 0 Å². The molecular weight excluding hydrogens is 134 g/mol. The first kappa shape index (κ1) is 9.05. The van der Waals surface area contributed by atoms with Crippen LogP contribution in [0.3, 0.4) is 0 Å². The van der Waals surface area contributed by atoms with Crippen molar-refractivity contribution >= 4 is 0 Å². The molecule has 1 rings (SSSR count). The molecular formula is C10H21N. The van der Waals surface area contributed by atoms with Crippen LogP contribution in [-0.2, 0) is 0 Å². The molecule has 0 spiro atoms. The molecule has 0 bridgehead atoms. The normalized spacial score (nSPS) is 20.7. The van der Waals surface area contributed by atoms with Gasteiger partial charge in [0.05, 0.1) is 0 Å². The van der Waals surface area contributed by atoms with Crippen LogP contribution in [0.25, 0.3) is 0 Å². The highest BCUT2D eigenvalue weighted by molar-refractivity contribution is 5.01. The summed E-state index contributed by atoms with van der Waals surface area (Å²) in [4.78, 5) is 0. The van der Waals surface area contributed by atoms with Crippen LogP contribution < -0.4 is 5.32 Å². The fourth-order valence-corrected chi connectivity index (χ4v) is 1.84. The molecule has 0 saturated heterocycles. The monoisotopic (exact) mass is 155 g/mol. The Morgan fingerprint density at radius 2 is 1.82 bits per heavy atom. The van der Waals surface area contributed by atoms with Gasteiger partial charge in [0.25, 0.3) is 0 Å². The van der Waals surface area contributed by atoms with Gasteiger partial charge in [-0.2, -0.15) is 0 Å². The molecule has 1 aliphatic carbocycles. The van der Waals surface area contributed by atoms with Gasteiger partial charge in [-0.3, -0.25) is 0 Å². The van der Waals surface area contributed by atoms with Crippen molar-refractivity contribution in [1.82, 2.24) is 5.32 Å². The van der Waals surface area contributed by atoms with E-state index >= 15 is 0 Å². The number of nitrogens with one attached hydrogen (secondary N) is 1. The molecule has 0 aromatic carbocycles. The van der Waals surface area contributed by atoms with Gasteiger partial charge in [-0.25, -0.2) is 0 Å². The molecule has 0 atom stereocenters. The minimum Gasteiger partial charge on any atom is -0.314 e. The molecule has 0 aromatic heterocycles. The third-order valence-corrected chi connectivity index (χ3v) is 3.22. The molecule has 0 heterocycles. The lowest BCUT2D eigenvalue weighted by Gasteiger charge is -2.20. The summed E-state index contributed by atoms with van der Waals surface area (Å²) in [5.41, 5.74) is 0.566. The van der Waals surface area contributed by atoms with Gasteiger partial charge in [0.1, 0.15) is 0 Å². The first-order valence-electron chi connectivity index (χ1n) is 4.95. The lowest BCUT2D eigenvalue weighted by Crippen LogP contribution is -2.29. The number of hydrogen-bond acceptors (Lipinski definition) is 1. The zero-order chi connectivity index (χ0) is 8.32. The SMILES string of the molecule is CCC(CC)CC1(NC)CC1. The topological polar surface area (TPSA) is 12.0 Å². The average molecular weight is 155 g/mol. The van der Waals surface area contributed by atoms with Crippen molar-refractivity contribution in [3.8, 4) is 0 Å². The van der Waals surface area contributed by atoms with Crippen LogP contribution in [0.1, 0.15) is 46.0 Å². The summed E-state index contributed by atoms with van der Waals surface area (Å²) < 4.78 is 0. The first-order valence-corrected chi connectivity index (χ1v) is 4.95. The summed E-state index contributed by atoms with van der Waals surface area (Å²) in [7, 11) is 2.11. The van der Waals surface area contributed by atoms with Gasteiger partial charge in [0.2, 0.25) is 0 Å². The summed E-state index contributed by atoms with van der Waals surface area (Å²) in [6.45, 7) is 4.61. The molecule has 1 nitrogen and oxygen atoms in total. The number of hydrogen-bond donors (Lipinski definition) is 1. The molecule has 66 valence electrons. The zero-order valence-electron chi connectivity index (χ0n) is 8.11. The summed E-state index contributed by atoms with van der Waals surface area (Å²) in [6.07, 6.45) is 6.90. The van der Waals surface area contributed by atoms with Gasteiger partial charge in [-0.05, 0) is 32.2 Å². The molecule has 0 unspecified atom stereocenters. The highest BCUT2D eigenvalue weighted by Gasteiger charge is 2.41. The van der Waals surface area contributed by atoms with E-state index in [0.29, 0.717) is 5.54 Å². The van der Waals surface area contributed by atoms with Crippen molar-refractivity contribution in [2.75, 3.05) is 7.05 Å². The fraction of sp³-hybridized carbons (Fsp3) is 1.00. The van der Waals surface area contributed by atoms with Crippen LogP contribution >= 0.6 is 0 Å². The second-order valence-electron chi connectivity index (χ2n) is 3.92. The van der Waals surface area contributed by atoms with Crippen molar-refractivity contribution in [1.29, 1.82) is 0 Å². The second kappa shape index (κ2) is 3.57. The summed E-state index contributed by atoms with van der Waals surface area (Å²) in [5.74, 6) is 0.949. The third kappa shape index (κ3) is 2.19. The van der Waals surface area contributed by atoms with Crippen LogP contribution in [0.2, 0.25) is 0 Å². The number of rotatable bonds is 5. The van der Waals surface area contributed by atoms with Crippen molar-refractivity contribution in [2.24, 2.45) is 5.92 Å². The first-order chi connectivity index (χ1) is 5.26. The van der Waals surface area contributed by atoms with Gasteiger partial charge in [0.15, 0.2) is 0 Å². The van der Waals surface area contributed by atoms with Gasteiger partial charge >= 0.3 is 0 Å². The summed E-state index contributed by atoms with van der Waals surface area (Å²) in [5, 5.41) is 3.45. The van der Waals surface area contributed by atoms with E-state index in [9.17, 15) is 0 Å². The zero-order valence-corrected chi connectivity index (χ0v) is 8.11. The molecule has 0 radical (unpaired) electrons. The Balaban J connectivity index is 2.27. The Morgan fingerprint density at radius 1 is 1.27 bits per heavy atom. The van der Waals surface area contributed by atoms with E-state index in [1.165, 1.54) is 32.1 Å². The lowest BCUT2D eigenvalue weighted by atomic mass is 9.93. The van der Waals surface area contributed by atoms with Crippen molar-refractivity contribution in [2.45, 2.75) is 51.5 Å². The highest BCUT2D eigenvalue weighted by atomic mass is 15.0. The standard InChI is InChI=1S/C10H21N/c1-4-9(5-2)8-10(11-3)6-7-10/h9,11H,4-8H2,1-3H3. The maximum atomic E-state index is 3.45. The van der Waals surface area contributed by atoms with Crippen molar-refractivity contribution < 1.29 is 0 Å². The third-order valence-electron chi connectivity index (χ3n) is 3.22. The van der Waals surface area contributed by atoms with E-state index in [4.69, 9.17) is 0 Å². The maximum Gasteiger partial charge on any atom is 0.0182 e. The quantitative estimate of drug-likeness (QED) is 0.643. The van der Waals surface area contributed by atoms with Gasteiger partial charge < -0.3 is 5.32 Å². The predicted octanol–water partition coefficient (Wildman–Crippen LogP) is 2.56. The average Bonchev–Trinajstić information content (AvgIpc) is 2.81. The van der Waals surface area contributed by atoms with Crippen LogP contribution in [0, 0.1) is 5.92 Å². The Hall–Kier alpha value is -0.0400. The largest absolute Gasteiger partial charge is 0.314 e. The molecule has 0 amide bonds. The van der Waals surface area contributed by atoms with E-state index in [1.807, 2.05) is 0 Å². The molecule has 0 aromatic rings. The molecule has 11 heavy (non-hydrogen) atoms. The smallest absolute Gasteiger partial charge is 0.0182 e. The summed E-state index contributed by atoms with van der Waals surface area (Å²) in [6, 6.07) is 0. The van der Waals surface area contributed by atoms with Crippen LogP contribution in [0.15, 0.2) is 0 Å². The molecule has 0 aliphatic heterocycles. The molecule has 1 N–H and O–H groups in total. The van der Waals surface area contributed by atoms with E-state index in [2.05, 4.69) is 26.2 Å². The van der Waals surface area contributed by atoms with E-state index < -0.39 is 0 Å². The molecule has 1 aliphatic rings. The van der Waals surface area contributed by atoms with E-state index in [1.54, 1.807) is 0 Å². The maximum absolute atomic E-state index is 3.45. The van der Waals surface area contributed by atoms with Crippen molar-refractivity contribution in [3.05, 3.63) is 0 Å². The molecule has 1 fully saturated rings. The Labute approximate surface area is 70.6 Å². The van der Waals surface area contributed by atoms with Crippen LogP contribution in [0.5, 0.6) is 0 Å². The van der Waals surface area contributed by atoms with Gasteiger partial charge in [-0.15, -0.1) is 0 Å². The minimum absolute atomic E-state index is 0.566. The Kier molecular flexibility index (Phi) is 2.94. The Morgan fingerprint density at radius 3 is 2.09 bits per heavy atom. The lowest BCUT2D eigenvalue weighted by molar-refractivity contribution is 0.366.